The molecule has 0 amide bonds. The molecule has 21 heavy (non-hydrogen) atoms. The normalized spacial score (nSPS) is 12.7. The standard InChI is InChI=1S/C18H18BrNS/c1-20-16(10-13-5-4-6-15(19)9-13)11-14-12-21-18-8-3-2-7-17(14)18/h2-9,12,16,20H,10-11H2,1H3. The zero-order valence-corrected chi connectivity index (χ0v) is 14.4. The average molecular weight is 360 g/mol. The Bertz CT molecular complexity index is 735. The molecule has 2 aromatic carbocycles. The van der Waals surface area contributed by atoms with E-state index >= 15 is 0 Å². The molecule has 0 aliphatic rings. The summed E-state index contributed by atoms with van der Waals surface area (Å²) in [4.78, 5) is 0. The van der Waals surface area contributed by atoms with E-state index in [9.17, 15) is 0 Å². The molecule has 1 unspecified atom stereocenters. The summed E-state index contributed by atoms with van der Waals surface area (Å²) in [6, 6.07) is 17.7. The van der Waals surface area contributed by atoms with Crippen molar-refractivity contribution in [2.45, 2.75) is 18.9 Å². The minimum absolute atomic E-state index is 0.456. The Balaban J connectivity index is 1.78. The van der Waals surface area contributed by atoms with E-state index < -0.39 is 0 Å². The summed E-state index contributed by atoms with van der Waals surface area (Å²) < 4.78 is 2.53. The molecule has 3 aromatic rings. The molecule has 0 radical (unpaired) electrons. The van der Waals surface area contributed by atoms with Crippen molar-refractivity contribution in [3.8, 4) is 0 Å². The van der Waals surface area contributed by atoms with Crippen LogP contribution in [0.5, 0.6) is 0 Å². The second-order valence-electron chi connectivity index (χ2n) is 5.28. The van der Waals surface area contributed by atoms with Gasteiger partial charge in [0.25, 0.3) is 0 Å². The lowest BCUT2D eigenvalue weighted by Gasteiger charge is -2.16. The van der Waals surface area contributed by atoms with Crippen LogP contribution in [0.1, 0.15) is 11.1 Å². The van der Waals surface area contributed by atoms with Gasteiger partial charge in [-0.3, -0.25) is 0 Å². The highest BCUT2D eigenvalue weighted by Gasteiger charge is 2.12. The maximum atomic E-state index is 3.55. The summed E-state index contributed by atoms with van der Waals surface area (Å²) in [7, 11) is 2.05. The molecule has 108 valence electrons. The van der Waals surface area contributed by atoms with E-state index in [0.717, 1.165) is 17.3 Å². The number of halogens is 1. The Labute approximate surface area is 138 Å². The van der Waals surface area contributed by atoms with Gasteiger partial charge in [0, 0.05) is 15.2 Å². The number of fused-ring (bicyclic) bond motifs is 1. The van der Waals surface area contributed by atoms with Crippen molar-refractivity contribution >= 4 is 37.4 Å². The van der Waals surface area contributed by atoms with Crippen molar-refractivity contribution in [1.82, 2.24) is 5.32 Å². The van der Waals surface area contributed by atoms with Gasteiger partial charge < -0.3 is 5.32 Å². The zero-order valence-electron chi connectivity index (χ0n) is 12.0. The van der Waals surface area contributed by atoms with Crippen molar-refractivity contribution in [2.75, 3.05) is 7.05 Å². The van der Waals surface area contributed by atoms with Crippen LogP contribution in [-0.2, 0) is 12.8 Å². The molecular formula is C18H18BrNS. The SMILES string of the molecule is CNC(Cc1cccc(Br)c1)Cc1csc2ccccc12. The molecule has 1 N–H and O–H groups in total. The molecular weight excluding hydrogens is 342 g/mol. The van der Waals surface area contributed by atoms with E-state index in [1.165, 1.54) is 21.2 Å². The quantitative estimate of drug-likeness (QED) is 0.672. The first-order valence-electron chi connectivity index (χ1n) is 7.13. The van der Waals surface area contributed by atoms with Gasteiger partial charge in [0.05, 0.1) is 0 Å². The molecule has 3 rings (SSSR count). The molecule has 0 spiro atoms. The predicted molar refractivity (Wildman–Crippen MR) is 96.2 cm³/mol. The number of thiophene rings is 1. The van der Waals surface area contributed by atoms with Gasteiger partial charge in [-0.05, 0) is 60.0 Å². The van der Waals surface area contributed by atoms with Gasteiger partial charge in [0.1, 0.15) is 0 Å². The fraction of sp³-hybridized carbons (Fsp3) is 0.222. The first kappa shape index (κ1) is 14.8. The van der Waals surface area contributed by atoms with Crippen LogP contribution < -0.4 is 5.32 Å². The Hall–Kier alpha value is -1.16. The van der Waals surface area contributed by atoms with Crippen LogP contribution in [-0.4, -0.2) is 13.1 Å². The van der Waals surface area contributed by atoms with Crippen molar-refractivity contribution in [2.24, 2.45) is 0 Å². The van der Waals surface area contributed by atoms with E-state index in [0.29, 0.717) is 6.04 Å². The molecule has 3 heteroatoms. The molecule has 1 nitrogen and oxygen atoms in total. The number of hydrogen-bond donors (Lipinski definition) is 1. The average Bonchev–Trinajstić information content (AvgIpc) is 2.90. The molecule has 0 fully saturated rings. The third-order valence-corrected chi connectivity index (χ3v) is 5.31. The summed E-state index contributed by atoms with van der Waals surface area (Å²) in [5.41, 5.74) is 2.81. The van der Waals surface area contributed by atoms with Crippen LogP contribution in [0.15, 0.2) is 58.4 Å². The monoisotopic (exact) mass is 359 g/mol. The second-order valence-corrected chi connectivity index (χ2v) is 7.11. The van der Waals surface area contributed by atoms with Gasteiger partial charge in [0.15, 0.2) is 0 Å². The first-order valence-corrected chi connectivity index (χ1v) is 8.80. The number of likely N-dealkylation sites (N-methyl/N-ethyl adjacent to an activating group) is 1. The van der Waals surface area contributed by atoms with Crippen LogP contribution in [0.2, 0.25) is 0 Å². The van der Waals surface area contributed by atoms with Gasteiger partial charge in [-0.2, -0.15) is 0 Å². The Morgan fingerprint density at radius 2 is 1.95 bits per heavy atom. The predicted octanol–water partition coefficient (Wildman–Crippen LogP) is 5.04. The third-order valence-electron chi connectivity index (χ3n) is 3.81. The summed E-state index contributed by atoms with van der Waals surface area (Å²) in [6.45, 7) is 0. The van der Waals surface area contributed by atoms with Gasteiger partial charge in [-0.1, -0.05) is 46.3 Å². The lowest BCUT2D eigenvalue weighted by atomic mass is 9.99. The van der Waals surface area contributed by atoms with E-state index in [1.807, 2.05) is 11.3 Å². The number of nitrogens with one attached hydrogen (secondary N) is 1. The number of hydrogen-bond acceptors (Lipinski definition) is 2. The van der Waals surface area contributed by atoms with Crippen LogP contribution in [0.25, 0.3) is 10.1 Å². The maximum absolute atomic E-state index is 3.55. The minimum atomic E-state index is 0.456. The zero-order chi connectivity index (χ0) is 14.7. The minimum Gasteiger partial charge on any atom is -0.316 e. The highest BCUT2D eigenvalue weighted by molar-refractivity contribution is 9.10. The Kier molecular flexibility index (Phi) is 4.73. The van der Waals surface area contributed by atoms with E-state index in [2.05, 4.69) is 82.2 Å². The van der Waals surface area contributed by atoms with Gasteiger partial charge in [-0.15, -0.1) is 11.3 Å². The smallest absolute Gasteiger partial charge is 0.0345 e. The molecule has 1 aromatic heterocycles. The molecule has 0 aliphatic carbocycles. The van der Waals surface area contributed by atoms with Crippen LogP contribution >= 0.6 is 27.3 Å². The summed E-state index contributed by atoms with van der Waals surface area (Å²) >= 11 is 5.39. The van der Waals surface area contributed by atoms with Gasteiger partial charge >= 0.3 is 0 Å². The molecule has 0 saturated carbocycles. The molecule has 0 saturated heterocycles. The number of benzene rings is 2. The third kappa shape index (κ3) is 3.54. The van der Waals surface area contributed by atoms with Gasteiger partial charge in [0.2, 0.25) is 0 Å². The van der Waals surface area contributed by atoms with E-state index in [-0.39, 0.29) is 0 Å². The molecule has 0 bridgehead atoms. The largest absolute Gasteiger partial charge is 0.316 e. The van der Waals surface area contributed by atoms with E-state index in [4.69, 9.17) is 0 Å². The van der Waals surface area contributed by atoms with Crippen LogP contribution in [0.3, 0.4) is 0 Å². The van der Waals surface area contributed by atoms with Crippen LogP contribution in [0.4, 0.5) is 0 Å². The van der Waals surface area contributed by atoms with Crippen molar-refractivity contribution < 1.29 is 0 Å². The molecule has 0 aliphatic heterocycles. The highest BCUT2D eigenvalue weighted by atomic mass is 79.9. The Morgan fingerprint density at radius 3 is 2.76 bits per heavy atom. The first-order chi connectivity index (χ1) is 10.3. The van der Waals surface area contributed by atoms with Crippen molar-refractivity contribution in [3.05, 3.63) is 69.5 Å². The van der Waals surface area contributed by atoms with E-state index in [1.54, 1.807) is 0 Å². The molecule has 1 heterocycles. The van der Waals surface area contributed by atoms with Crippen molar-refractivity contribution in [3.63, 3.8) is 0 Å². The van der Waals surface area contributed by atoms with Crippen molar-refractivity contribution in [1.29, 1.82) is 0 Å². The Morgan fingerprint density at radius 1 is 1.10 bits per heavy atom. The lowest BCUT2D eigenvalue weighted by molar-refractivity contribution is 0.558. The number of rotatable bonds is 5. The lowest BCUT2D eigenvalue weighted by Crippen LogP contribution is -2.29. The van der Waals surface area contributed by atoms with Gasteiger partial charge in [-0.25, -0.2) is 0 Å². The topological polar surface area (TPSA) is 12.0 Å². The maximum Gasteiger partial charge on any atom is 0.0345 e. The highest BCUT2D eigenvalue weighted by Crippen LogP contribution is 2.27. The second kappa shape index (κ2) is 6.73. The summed E-state index contributed by atoms with van der Waals surface area (Å²) in [5, 5.41) is 7.16. The fourth-order valence-electron chi connectivity index (χ4n) is 2.68. The fourth-order valence-corrected chi connectivity index (χ4v) is 4.10. The van der Waals surface area contributed by atoms with Crippen LogP contribution in [0, 0.1) is 0 Å². The molecule has 1 atom stereocenters. The summed E-state index contributed by atoms with van der Waals surface area (Å²) in [6.07, 6.45) is 2.10. The summed E-state index contributed by atoms with van der Waals surface area (Å²) in [5.74, 6) is 0.